The predicted molar refractivity (Wildman–Crippen MR) is 61.8 cm³/mol. The van der Waals surface area contributed by atoms with E-state index < -0.39 is 17.3 Å². The van der Waals surface area contributed by atoms with E-state index in [4.69, 9.17) is 5.73 Å². The summed E-state index contributed by atoms with van der Waals surface area (Å²) in [5.74, 6) is 0. The summed E-state index contributed by atoms with van der Waals surface area (Å²) >= 11 is 0. The predicted octanol–water partition coefficient (Wildman–Crippen LogP) is 2.79. The standard InChI is InChI=1S/C13H16F3NO/c14-13(15,16)10-3-1-9(2-4-10)12(17)7-5-11(18)6-8-12/h1-4,11,18H,5-8,17H2. The monoisotopic (exact) mass is 259 g/mol. The van der Waals surface area contributed by atoms with Crippen LogP contribution >= 0.6 is 0 Å². The van der Waals surface area contributed by atoms with Crippen molar-refractivity contribution in [2.45, 2.75) is 43.5 Å². The summed E-state index contributed by atoms with van der Waals surface area (Å²) < 4.78 is 37.3. The molecule has 18 heavy (non-hydrogen) atoms. The number of benzene rings is 1. The van der Waals surface area contributed by atoms with Gasteiger partial charge in [-0.3, -0.25) is 0 Å². The van der Waals surface area contributed by atoms with Crippen LogP contribution in [0.2, 0.25) is 0 Å². The molecule has 0 spiro atoms. The molecule has 2 rings (SSSR count). The first-order valence-corrected chi connectivity index (χ1v) is 5.96. The molecule has 1 aliphatic rings. The van der Waals surface area contributed by atoms with E-state index in [-0.39, 0.29) is 6.10 Å². The highest BCUT2D eigenvalue weighted by Gasteiger charge is 2.34. The van der Waals surface area contributed by atoms with E-state index in [0.717, 1.165) is 12.1 Å². The fraction of sp³-hybridized carbons (Fsp3) is 0.538. The van der Waals surface area contributed by atoms with Gasteiger partial charge in [0.25, 0.3) is 0 Å². The van der Waals surface area contributed by atoms with Crippen molar-refractivity contribution in [3.05, 3.63) is 35.4 Å². The van der Waals surface area contributed by atoms with E-state index in [1.54, 1.807) is 0 Å². The smallest absolute Gasteiger partial charge is 0.393 e. The van der Waals surface area contributed by atoms with Crippen molar-refractivity contribution in [3.8, 4) is 0 Å². The molecular weight excluding hydrogens is 243 g/mol. The van der Waals surface area contributed by atoms with Gasteiger partial charge in [-0.1, -0.05) is 12.1 Å². The maximum absolute atomic E-state index is 12.4. The van der Waals surface area contributed by atoms with E-state index in [1.807, 2.05) is 0 Å². The van der Waals surface area contributed by atoms with E-state index >= 15 is 0 Å². The van der Waals surface area contributed by atoms with Crippen molar-refractivity contribution >= 4 is 0 Å². The third kappa shape index (κ3) is 2.67. The maximum Gasteiger partial charge on any atom is 0.416 e. The van der Waals surface area contributed by atoms with Gasteiger partial charge in [0, 0.05) is 5.54 Å². The van der Waals surface area contributed by atoms with Crippen molar-refractivity contribution in [1.29, 1.82) is 0 Å². The lowest BCUT2D eigenvalue weighted by Gasteiger charge is -2.36. The lowest BCUT2D eigenvalue weighted by atomic mass is 9.76. The second-order valence-corrected chi connectivity index (χ2v) is 4.96. The van der Waals surface area contributed by atoms with Crippen molar-refractivity contribution in [3.63, 3.8) is 0 Å². The summed E-state index contributed by atoms with van der Waals surface area (Å²) in [4.78, 5) is 0. The first-order valence-electron chi connectivity index (χ1n) is 5.96. The van der Waals surface area contributed by atoms with Gasteiger partial charge in [-0.25, -0.2) is 0 Å². The van der Waals surface area contributed by atoms with Crippen LogP contribution in [0.4, 0.5) is 13.2 Å². The highest BCUT2D eigenvalue weighted by Crippen LogP contribution is 2.36. The molecule has 0 bridgehead atoms. The van der Waals surface area contributed by atoms with E-state index in [9.17, 15) is 18.3 Å². The van der Waals surface area contributed by atoms with Crippen molar-refractivity contribution in [1.82, 2.24) is 0 Å². The Hall–Kier alpha value is -1.07. The van der Waals surface area contributed by atoms with E-state index in [0.29, 0.717) is 31.2 Å². The van der Waals surface area contributed by atoms with Crippen LogP contribution in [-0.2, 0) is 11.7 Å². The number of alkyl halides is 3. The number of hydrogen-bond acceptors (Lipinski definition) is 2. The normalized spacial score (nSPS) is 29.3. The van der Waals surface area contributed by atoms with Crippen molar-refractivity contribution in [2.75, 3.05) is 0 Å². The number of hydrogen-bond donors (Lipinski definition) is 2. The molecule has 1 aromatic rings. The quantitative estimate of drug-likeness (QED) is 0.814. The average molecular weight is 259 g/mol. The lowest BCUT2D eigenvalue weighted by molar-refractivity contribution is -0.137. The molecular formula is C13H16F3NO. The molecule has 5 heteroatoms. The van der Waals surface area contributed by atoms with Gasteiger partial charge in [-0.2, -0.15) is 13.2 Å². The minimum Gasteiger partial charge on any atom is -0.393 e. The van der Waals surface area contributed by atoms with Crippen LogP contribution in [-0.4, -0.2) is 11.2 Å². The first kappa shape index (κ1) is 13.4. The van der Waals surface area contributed by atoms with E-state index in [2.05, 4.69) is 0 Å². The fourth-order valence-electron chi connectivity index (χ4n) is 2.40. The molecule has 1 fully saturated rings. The Bertz CT molecular complexity index is 405. The fourth-order valence-corrected chi connectivity index (χ4v) is 2.40. The molecule has 0 unspecified atom stereocenters. The number of aliphatic hydroxyl groups excluding tert-OH is 1. The molecule has 1 aromatic carbocycles. The highest BCUT2D eigenvalue weighted by atomic mass is 19.4. The summed E-state index contributed by atoms with van der Waals surface area (Å²) in [6.45, 7) is 0. The van der Waals surface area contributed by atoms with Gasteiger partial charge >= 0.3 is 6.18 Å². The Balaban J connectivity index is 2.19. The van der Waals surface area contributed by atoms with Gasteiger partial charge < -0.3 is 10.8 Å². The molecule has 100 valence electrons. The molecule has 0 amide bonds. The number of aliphatic hydroxyl groups is 1. The SMILES string of the molecule is NC1(c2ccc(C(F)(F)F)cc2)CCC(O)CC1. The molecule has 0 radical (unpaired) electrons. The van der Waals surface area contributed by atoms with Crippen molar-refractivity contribution < 1.29 is 18.3 Å². The molecule has 0 heterocycles. The average Bonchev–Trinajstić information content (AvgIpc) is 2.32. The second kappa shape index (κ2) is 4.55. The third-order valence-electron chi connectivity index (χ3n) is 3.63. The topological polar surface area (TPSA) is 46.2 Å². The zero-order valence-corrected chi connectivity index (χ0v) is 9.87. The minimum absolute atomic E-state index is 0.337. The van der Waals surface area contributed by atoms with Gasteiger partial charge in [-0.15, -0.1) is 0 Å². The summed E-state index contributed by atoms with van der Waals surface area (Å²) in [5, 5.41) is 9.43. The van der Waals surface area contributed by atoms with Crippen LogP contribution in [0.15, 0.2) is 24.3 Å². The molecule has 0 atom stereocenters. The van der Waals surface area contributed by atoms with Gasteiger partial charge in [0.15, 0.2) is 0 Å². The summed E-state index contributed by atoms with van der Waals surface area (Å²) in [7, 11) is 0. The summed E-state index contributed by atoms with van der Waals surface area (Å²) in [5.41, 5.74) is 5.65. The lowest BCUT2D eigenvalue weighted by Crippen LogP contribution is -2.41. The first-order chi connectivity index (χ1) is 8.31. The minimum atomic E-state index is -4.32. The van der Waals surface area contributed by atoms with Gasteiger partial charge in [0.2, 0.25) is 0 Å². The third-order valence-corrected chi connectivity index (χ3v) is 3.63. The molecule has 0 aliphatic heterocycles. The van der Waals surface area contributed by atoms with Crippen LogP contribution in [0, 0.1) is 0 Å². The number of rotatable bonds is 1. The zero-order valence-electron chi connectivity index (χ0n) is 9.87. The Morgan fingerprint density at radius 3 is 2.06 bits per heavy atom. The Morgan fingerprint density at radius 1 is 1.11 bits per heavy atom. The van der Waals surface area contributed by atoms with Gasteiger partial charge in [0.05, 0.1) is 11.7 Å². The van der Waals surface area contributed by atoms with E-state index in [1.165, 1.54) is 12.1 Å². The van der Waals surface area contributed by atoms with Gasteiger partial charge in [0.1, 0.15) is 0 Å². The zero-order chi connectivity index (χ0) is 13.4. The van der Waals surface area contributed by atoms with Crippen LogP contribution < -0.4 is 5.73 Å². The Labute approximate surface area is 104 Å². The summed E-state index contributed by atoms with van der Waals surface area (Å²) in [6.07, 6.45) is -2.27. The Morgan fingerprint density at radius 2 is 1.61 bits per heavy atom. The molecule has 0 aromatic heterocycles. The van der Waals surface area contributed by atoms with Gasteiger partial charge in [-0.05, 0) is 43.4 Å². The Kier molecular flexibility index (Phi) is 3.38. The van der Waals surface area contributed by atoms with Crippen molar-refractivity contribution in [2.24, 2.45) is 5.73 Å². The molecule has 1 aliphatic carbocycles. The van der Waals surface area contributed by atoms with Crippen LogP contribution in [0.1, 0.15) is 36.8 Å². The molecule has 0 saturated heterocycles. The number of halogens is 3. The van der Waals surface area contributed by atoms with Crippen LogP contribution in [0.5, 0.6) is 0 Å². The van der Waals surface area contributed by atoms with Crippen LogP contribution in [0.25, 0.3) is 0 Å². The number of nitrogens with two attached hydrogens (primary N) is 1. The second-order valence-electron chi connectivity index (χ2n) is 4.96. The maximum atomic E-state index is 12.4. The summed E-state index contributed by atoms with van der Waals surface area (Å²) in [6, 6.07) is 5.02. The highest BCUT2D eigenvalue weighted by molar-refractivity contribution is 5.30. The largest absolute Gasteiger partial charge is 0.416 e. The molecule has 3 N–H and O–H groups in total. The molecule has 1 saturated carbocycles. The molecule has 2 nitrogen and oxygen atoms in total. The van der Waals surface area contributed by atoms with Crippen LogP contribution in [0.3, 0.4) is 0 Å².